The zero-order chi connectivity index (χ0) is 18.1. The molecular formula is C22H22N2O2. The van der Waals surface area contributed by atoms with Crippen molar-refractivity contribution >= 4 is 16.8 Å². The number of hydrogen-bond donors (Lipinski definition) is 0. The van der Waals surface area contributed by atoms with E-state index < -0.39 is 0 Å². The van der Waals surface area contributed by atoms with Gasteiger partial charge >= 0.3 is 0 Å². The van der Waals surface area contributed by atoms with Crippen LogP contribution in [-0.2, 0) is 4.74 Å². The van der Waals surface area contributed by atoms with Gasteiger partial charge in [0, 0.05) is 24.0 Å². The van der Waals surface area contributed by atoms with Crippen LogP contribution in [0.5, 0.6) is 0 Å². The summed E-state index contributed by atoms with van der Waals surface area (Å²) in [4.78, 5) is 20.0. The first-order valence-corrected chi connectivity index (χ1v) is 9.02. The Bertz CT molecular complexity index is 929. The quantitative estimate of drug-likeness (QED) is 0.700. The summed E-state index contributed by atoms with van der Waals surface area (Å²) in [5.41, 5.74) is 3.38. The predicted octanol–water partition coefficient (Wildman–Crippen LogP) is 4.15. The third-order valence-corrected chi connectivity index (χ3v) is 4.72. The predicted molar refractivity (Wildman–Crippen MR) is 103 cm³/mol. The van der Waals surface area contributed by atoms with Gasteiger partial charge < -0.3 is 9.64 Å². The van der Waals surface area contributed by atoms with Gasteiger partial charge in [-0.05, 0) is 26.0 Å². The van der Waals surface area contributed by atoms with Crippen molar-refractivity contribution in [3.8, 4) is 11.3 Å². The summed E-state index contributed by atoms with van der Waals surface area (Å²) >= 11 is 0. The van der Waals surface area contributed by atoms with Crippen molar-refractivity contribution in [2.24, 2.45) is 0 Å². The Hall–Kier alpha value is -2.72. The Morgan fingerprint density at radius 3 is 2.38 bits per heavy atom. The van der Waals surface area contributed by atoms with Gasteiger partial charge in [-0.1, -0.05) is 48.5 Å². The zero-order valence-electron chi connectivity index (χ0n) is 15.1. The third kappa shape index (κ3) is 3.20. The average Bonchev–Trinajstić information content (AvgIpc) is 2.66. The van der Waals surface area contributed by atoms with Gasteiger partial charge in [-0.25, -0.2) is 4.98 Å². The molecule has 1 aliphatic heterocycles. The minimum atomic E-state index is 0.0442. The number of amides is 1. The Morgan fingerprint density at radius 1 is 1.00 bits per heavy atom. The van der Waals surface area contributed by atoms with Crippen LogP contribution in [0.4, 0.5) is 0 Å². The van der Waals surface area contributed by atoms with Crippen molar-refractivity contribution in [3.63, 3.8) is 0 Å². The maximum Gasteiger partial charge on any atom is 0.254 e. The van der Waals surface area contributed by atoms with Gasteiger partial charge in [0.1, 0.15) is 0 Å². The monoisotopic (exact) mass is 346 g/mol. The van der Waals surface area contributed by atoms with Crippen LogP contribution in [-0.4, -0.2) is 41.1 Å². The van der Waals surface area contributed by atoms with Crippen LogP contribution in [0.1, 0.15) is 24.2 Å². The van der Waals surface area contributed by atoms with Crippen molar-refractivity contribution in [1.82, 2.24) is 9.88 Å². The fourth-order valence-electron chi connectivity index (χ4n) is 3.62. The number of carbonyl (C=O) groups is 1. The van der Waals surface area contributed by atoms with Crippen LogP contribution in [0.3, 0.4) is 0 Å². The summed E-state index contributed by atoms with van der Waals surface area (Å²) in [5.74, 6) is 0.0442. The van der Waals surface area contributed by atoms with Crippen LogP contribution < -0.4 is 0 Å². The molecule has 0 aliphatic carbocycles. The number of ether oxygens (including phenoxy) is 1. The molecule has 4 nitrogen and oxygen atoms in total. The molecule has 0 spiro atoms. The number of pyridine rings is 1. The van der Waals surface area contributed by atoms with Crippen molar-refractivity contribution in [3.05, 3.63) is 66.2 Å². The van der Waals surface area contributed by atoms with E-state index in [1.165, 1.54) is 0 Å². The van der Waals surface area contributed by atoms with Crippen LogP contribution in [0, 0.1) is 0 Å². The van der Waals surface area contributed by atoms with Crippen LogP contribution in [0.15, 0.2) is 60.7 Å². The molecule has 0 N–H and O–H groups in total. The highest BCUT2D eigenvalue weighted by Crippen LogP contribution is 2.26. The van der Waals surface area contributed by atoms with E-state index in [1.54, 1.807) is 0 Å². The first kappa shape index (κ1) is 16.7. The molecule has 1 aromatic heterocycles. The number of aromatic nitrogens is 1. The lowest BCUT2D eigenvalue weighted by atomic mass is 10.0. The summed E-state index contributed by atoms with van der Waals surface area (Å²) in [6, 6.07) is 19.7. The topological polar surface area (TPSA) is 42.4 Å². The van der Waals surface area contributed by atoms with E-state index in [4.69, 9.17) is 9.72 Å². The van der Waals surface area contributed by atoms with E-state index in [9.17, 15) is 4.79 Å². The molecule has 2 atom stereocenters. The fraction of sp³-hybridized carbons (Fsp3) is 0.273. The summed E-state index contributed by atoms with van der Waals surface area (Å²) in [6.07, 6.45) is 0.0915. The number of fused-ring (bicyclic) bond motifs is 1. The van der Waals surface area contributed by atoms with E-state index in [-0.39, 0.29) is 18.1 Å². The van der Waals surface area contributed by atoms with Crippen molar-refractivity contribution in [2.75, 3.05) is 13.1 Å². The van der Waals surface area contributed by atoms with Gasteiger partial charge in [0.15, 0.2) is 0 Å². The average molecular weight is 346 g/mol. The Morgan fingerprint density at radius 2 is 1.65 bits per heavy atom. The van der Waals surface area contributed by atoms with E-state index >= 15 is 0 Å². The van der Waals surface area contributed by atoms with E-state index in [1.807, 2.05) is 79.4 Å². The number of hydrogen-bond acceptors (Lipinski definition) is 3. The molecule has 1 fully saturated rings. The smallest absolute Gasteiger partial charge is 0.254 e. The van der Waals surface area contributed by atoms with E-state index in [0.717, 1.165) is 22.2 Å². The molecule has 2 unspecified atom stereocenters. The molecule has 4 rings (SSSR count). The molecule has 2 aromatic carbocycles. The second-order valence-electron chi connectivity index (χ2n) is 6.91. The molecule has 26 heavy (non-hydrogen) atoms. The summed E-state index contributed by atoms with van der Waals surface area (Å²) in [5, 5.41) is 0.893. The summed E-state index contributed by atoms with van der Waals surface area (Å²) in [6.45, 7) is 5.24. The lowest BCUT2D eigenvalue weighted by Gasteiger charge is -2.35. The van der Waals surface area contributed by atoms with Crippen molar-refractivity contribution in [1.29, 1.82) is 0 Å². The number of nitrogens with zero attached hydrogens (tertiary/aromatic N) is 2. The van der Waals surface area contributed by atoms with Crippen LogP contribution >= 0.6 is 0 Å². The van der Waals surface area contributed by atoms with Crippen molar-refractivity contribution in [2.45, 2.75) is 26.1 Å². The zero-order valence-corrected chi connectivity index (χ0v) is 15.1. The molecule has 0 bridgehead atoms. The van der Waals surface area contributed by atoms with Gasteiger partial charge in [0.05, 0.1) is 29.0 Å². The molecular weight excluding hydrogens is 324 g/mol. The fourth-order valence-corrected chi connectivity index (χ4v) is 3.62. The molecule has 1 amide bonds. The highest BCUT2D eigenvalue weighted by atomic mass is 16.5. The largest absolute Gasteiger partial charge is 0.372 e. The third-order valence-electron chi connectivity index (χ3n) is 4.72. The van der Waals surface area contributed by atoms with Gasteiger partial charge in [-0.3, -0.25) is 4.79 Å². The van der Waals surface area contributed by atoms with Crippen LogP contribution in [0.25, 0.3) is 22.2 Å². The Kier molecular flexibility index (Phi) is 4.43. The van der Waals surface area contributed by atoms with Gasteiger partial charge in [-0.2, -0.15) is 0 Å². The van der Waals surface area contributed by atoms with Gasteiger partial charge in [-0.15, -0.1) is 0 Å². The Labute approximate surface area is 153 Å². The minimum absolute atomic E-state index is 0.0442. The first-order chi connectivity index (χ1) is 12.6. The number of carbonyl (C=O) groups excluding carboxylic acids is 1. The molecule has 3 aromatic rings. The molecule has 1 saturated heterocycles. The number of morpholine rings is 1. The van der Waals surface area contributed by atoms with Gasteiger partial charge in [0.2, 0.25) is 0 Å². The van der Waals surface area contributed by atoms with Crippen molar-refractivity contribution < 1.29 is 9.53 Å². The summed E-state index contributed by atoms with van der Waals surface area (Å²) in [7, 11) is 0. The Balaban J connectivity index is 1.81. The maximum atomic E-state index is 13.3. The van der Waals surface area contributed by atoms with Gasteiger partial charge in [0.25, 0.3) is 5.91 Å². The standard InChI is InChI=1S/C22H22N2O2/c1-15-13-24(14-16(2)26-15)22(25)19-12-21(17-8-4-3-5-9-17)23-20-11-7-6-10-18(19)20/h3-12,15-16H,13-14H2,1-2H3. The van der Waals surface area contributed by atoms with E-state index in [2.05, 4.69) is 0 Å². The maximum absolute atomic E-state index is 13.3. The number of para-hydroxylation sites is 1. The van der Waals surface area contributed by atoms with Crippen LogP contribution in [0.2, 0.25) is 0 Å². The molecule has 0 radical (unpaired) electrons. The first-order valence-electron chi connectivity index (χ1n) is 9.02. The van der Waals surface area contributed by atoms with E-state index in [0.29, 0.717) is 18.7 Å². The SMILES string of the molecule is CC1CN(C(=O)c2cc(-c3ccccc3)nc3ccccc23)CC(C)O1. The molecule has 132 valence electrons. The molecule has 0 saturated carbocycles. The minimum Gasteiger partial charge on any atom is -0.372 e. The lowest BCUT2D eigenvalue weighted by Crippen LogP contribution is -2.48. The second kappa shape index (κ2) is 6.89. The molecule has 4 heteroatoms. The number of rotatable bonds is 2. The lowest BCUT2D eigenvalue weighted by molar-refractivity contribution is -0.0585. The molecule has 1 aliphatic rings. The second-order valence-corrected chi connectivity index (χ2v) is 6.91. The number of benzene rings is 2. The highest BCUT2D eigenvalue weighted by Gasteiger charge is 2.28. The highest BCUT2D eigenvalue weighted by molar-refractivity contribution is 6.07. The summed E-state index contributed by atoms with van der Waals surface area (Å²) < 4.78 is 5.78. The molecule has 2 heterocycles. The normalized spacial score (nSPS) is 20.3.